The molecule has 0 radical (unpaired) electrons. The molecule has 0 heterocycles. The maximum Gasteiger partial charge on any atom is 0.248 e. The summed E-state index contributed by atoms with van der Waals surface area (Å²) in [5.41, 5.74) is 0. The zero-order valence-electron chi connectivity index (χ0n) is 12.7. The van der Waals surface area contributed by atoms with Crippen molar-refractivity contribution >= 4 is 0 Å². The van der Waals surface area contributed by atoms with Crippen LogP contribution in [0.2, 0.25) is 0 Å². The third kappa shape index (κ3) is 4.96. The first kappa shape index (κ1) is 16.2. The normalized spacial score (nSPS) is 33.0. The Morgan fingerprint density at radius 3 is 2.45 bits per heavy atom. The lowest BCUT2D eigenvalue weighted by Crippen LogP contribution is -2.32. The van der Waals surface area contributed by atoms with Crippen molar-refractivity contribution in [3.8, 4) is 0 Å². The second-order valence-corrected chi connectivity index (χ2v) is 6.63. The Labute approximate surface area is 121 Å². The zero-order valence-corrected chi connectivity index (χ0v) is 12.7. The van der Waals surface area contributed by atoms with Crippen molar-refractivity contribution in [2.75, 3.05) is 7.11 Å². The van der Waals surface area contributed by atoms with E-state index in [4.69, 9.17) is 9.47 Å². The molecule has 2 saturated carbocycles. The molecule has 2 nitrogen and oxygen atoms in total. The van der Waals surface area contributed by atoms with Crippen molar-refractivity contribution in [3.63, 3.8) is 0 Å². The maximum atomic E-state index is 13.1. The minimum Gasteiger partial charge on any atom is -0.381 e. The lowest BCUT2D eigenvalue weighted by Gasteiger charge is -2.33. The highest BCUT2D eigenvalue weighted by Gasteiger charge is 2.36. The first-order chi connectivity index (χ1) is 9.48. The summed E-state index contributed by atoms with van der Waals surface area (Å²) in [5.74, 6) is -1.80. The predicted octanol–water partition coefficient (Wildman–Crippen LogP) is 4.56. The molecular weight excluding hydrogens is 262 g/mol. The molecule has 2 rings (SSSR count). The number of hydrogen-bond acceptors (Lipinski definition) is 2. The van der Waals surface area contributed by atoms with Crippen molar-refractivity contribution in [1.82, 2.24) is 0 Å². The molecule has 0 aromatic heterocycles. The molecule has 0 spiro atoms. The number of alkyl halides is 2. The topological polar surface area (TPSA) is 18.5 Å². The van der Waals surface area contributed by atoms with E-state index in [9.17, 15) is 8.78 Å². The highest BCUT2D eigenvalue weighted by Crippen LogP contribution is 2.36. The third-order valence-electron chi connectivity index (χ3n) is 4.82. The molecule has 2 aliphatic rings. The van der Waals surface area contributed by atoms with E-state index < -0.39 is 5.92 Å². The van der Waals surface area contributed by atoms with E-state index in [0.717, 1.165) is 12.8 Å². The molecule has 0 bridgehead atoms. The zero-order chi connectivity index (χ0) is 14.6. The largest absolute Gasteiger partial charge is 0.381 e. The number of halogens is 2. The van der Waals surface area contributed by atoms with E-state index in [1.165, 1.54) is 19.3 Å². The van der Waals surface area contributed by atoms with E-state index in [0.29, 0.717) is 24.9 Å². The van der Waals surface area contributed by atoms with Gasteiger partial charge in [-0.25, -0.2) is 8.78 Å². The monoisotopic (exact) mass is 290 g/mol. The van der Waals surface area contributed by atoms with Crippen molar-refractivity contribution in [1.29, 1.82) is 0 Å². The van der Waals surface area contributed by atoms with Crippen LogP contribution >= 0.6 is 0 Å². The Morgan fingerprint density at radius 1 is 1.10 bits per heavy atom. The van der Waals surface area contributed by atoms with E-state index in [-0.39, 0.29) is 25.0 Å². The SMILES string of the molecule is COC1CCCC(CC(C)OC2CCC(F)(F)CC2)C1. The Balaban J connectivity index is 1.69. The van der Waals surface area contributed by atoms with Gasteiger partial charge in [0.05, 0.1) is 18.3 Å². The van der Waals surface area contributed by atoms with Crippen molar-refractivity contribution in [3.05, 3.63) is 0 Å². The number of hydrogen-bond donors (Lipinski definition) is 0. The fourth-order valence-corrected chi connectivity index (χ4v) is 3.67. The molecule has 4 heteroatoms. The van der Waals surface area contributed by atoms with Crippen LogP contribution in [0.25, 0.3) is 0 Å². The van der Waals surface area contributed by atoms with Gasteiger partial charge in [-0.15, -0.1) is 0 Å². The Bertz CT molecular complexity index is 286. The summed E-state index contributed by atoms with van der Waals surface area (Å²) in [4.78, 5) is 0. The summed E-state index contributed by atoms with van der Waals surface area (Å²) in [6, 6.07) is 0. The quantitative estimate of drug-likeness (QED) is 0.738. The van der Waals surface area contributed by atoms with Gasteiger partial charge in [0.1, 0.15) is 0 Å². The molecule has 3 atom stereocenters. The Morgan fingerprint density at radius 2 is 1.80 bits per heavy atom. The van der Waals surface area contributed by atoms with Gasteiger partial charge in [0, 0.05) is 20.0 Å². The summed E-state index contributed by atoms with van der Waals surface area (Å²) < 4.78 is 37.6. The molecule has 3 unspecified atom stereocenters. The minimum absolute atomic E-state index is 0.0143. The predicted molar refractivity (Wildman–Crippen MR) is 75.1 cm³/mol. The first-order valence-electron chi connectivity index (χ1n) is 8.04. The maximum absolute atomic E-state index is 13.1. The van der Waals surface area contributed by atoms with Crippen LogP contribution in [0, 0.1) is 5.92 Å². The second kappa shape index (κ2) is 7.17. The van der Waals surface area contributed by atoms with E-state index >= 15 is 0 Å². The molecule has 20 heavy (non-hydrogen) atoms. The van der Waals surface area contributed by atoms with Crippen molar-refractivity contribution in [2.45, 2.75) is 88.9 Å². The number of rotatable bonds is 5. The van der Waals surface area contributed by atoms with Crippen molar-refractivity contribution in [2.24, 2.45) is 5.92 Å². The minimum atomic E-state index is -2.46. The second-order valence-electron chi connectivity index (χ2n) is 6.63. The van der Waals surface area contributed by atoms with E-state index in [1.807, 2.05) is 0 Å². The van der Waals surface area contributed by atoms with Crippen LogP contribution in [0.4, 0.5) is 8.78 Å². The molecular formula is C16H28F2O2. The van der Waals surface area contributed by atoms with Gasteiger partial charge in [0.15, 0.2) is 0 Å². The highest BCUT2D eigenvalue weighted by atomic mass is 19.3. The number of ether oxygens (including phenoxy) is 2. The van der Waals surface area contributed by atoms with Gasteiger partial charge in [-0.1, -0.05) is 12.8 Å². The van der Waals surface area contributed by atoms with Crippen LogP contribution < -0.4 is 0 Å². The van der Waals surface area contributed by atoms with Gasteiger partial charge in [-0.2, -0.15) is 0 Å². The molecule has 0 amide bonds. The van der Waals surface area contributed by atoms with Gasteiger partial charge in [0.25, 0.3) is 0 Å². The molecule has 0 saturated heterocycles. The van der Waals surface area contributed by atoms with Gasteiger partial charge in [-0.05, 0) is 44.9 Å². The first-order valence-corrected chi connectivity index (χ1v) is 8.04. The van der Waals surface area contributed by atoms with Gasteiger partial charge in [0.2, 0.25) is 5.92 Å². The van der Waals surface area contributed by atoms with Crippen LogP contribution in [0.15, 0.2) is 0 Å². The average Bonchev–Trinajstić information content (AvgIpc) is 2.41. The summed E-state index contributed by atoms with van der Waals surface area (Å²) in [7, 11) is 1.79. The third-order valence-corrected chi connectivity index (χ3v) is 4.82. The highest BCUT2D eigenvalue weighted by molar-refractivity contribution is 4.80. The molecule has 0 aromatic carbocycles. The average molecular weight is 290 g/mol. The van der Waals surface area contributed by atoms with Crippen LogP contribution in [0.5, 0.6) is 0 Å². The van der Waals surface area contributed by atoms with Gasteiger partial charge >= 0.3 is 0 Å². The fraction of sp³-hybridized carbons (Fsp3) is 1.00. The Kier molecular flexibility index (Phi) is 5.79. The molecule has 0 aromatic rings. The molecule has 0 aliphatic heterocycles. The van der Waals surface area contributed by atoms with Gasteiger partial charge < -0.3 is 9.47 Å². The lowest BCUT2D eigenvalue weighted by molar-refractivity contribution is -0.100. The lowest BCUT2D eigenvalue weighted by atomic mass is 9.84. The molecule has 118 valence electrons. The van der Waals surface area contributed by atoms with Crippen LogP contribution in [-0.4, -0.2) is 31.3 Å². The summed E-state index contributed by atoms with van der Waals surface area (Å²) in [5, 5.41) is 0. The van der Waals surface area contributed by atoms with Gasteiger partial charge in [-0.3, -0.25) is 0 Å². The van der Waals surface area contributed by atoms with Crippen LogP contribution in [0.3, 0.4) is 0 Å². The fourth-order valence-electron chi connectivity index (χ4n) is 3.67. The summed E-state index contributed by atoms with van der Waals surface area (Å²) in [6.07, 6.45) is 7.37. The molecule has 0 N–H and O–H groups in total. The smallest absolute Gasteiger partial charge is 0.248 e. The van der Waals surface area contributed by atoms with Crippen LogP contribution in [-0.2, 0) is 9.47 Å². The summed E-state index contributed by atoms with van der Waals surface area (Å²) in [6.45, 7) is 2.09. The van der Waals surface area contributed by atoms with E-state index in [1.54, 1.807) is 7.11 Å². The Hall–Kier alpha value is -0.220. The standard InChI is InChI=1S/C16H28F2O2/c1-12(10-13-4-3-5-15(11-13)19-2)20-14-6-8-16(17,18)9-7-14/h12-15H,3-11H2,1-2H3. The van der Waals surface area contributed by atoms with Crippen molar-refractivity contribution < 1.29 is 18.3 Å². The summed E-state index contributed by atoms with van der Waals surface area (Å²) >= 11 is 0. The van der Waals surface area contributed by atoms with Crippen LogP contribution in [0.1, 0.15) is 64.7 Å². The number of methoxy groups -OCH3 is 1. The molecule has 2 aliphatic carbocycles. The van der Waals surface area contributed by atoms with E-state index in [2.05, 4.69) is 6.92 Å². The molecule has 2 fully saturated rings.